The lowest BCUT2D eigenvalue weighted by Gasteiger charge is -2.01. The van der Waals surface area contributed by atoms with Gasteiger partial charge in [0.2, 0.25) is 5.13 Å². The Bertz CT molecular complexity index is 826. The molecule has 23 heavy (non-hydrogen) atoms. The molecule has 3 aromatic rings. The molecule has 116 valence electrons. The highest BCUT2D eigenvalue weighted by Crippen LogP contribution is 2.25. The second kappa shape index (κ2) is 6.89. The van der Waals surface area contributed by atoms with E-state index >= 15 is 0 Å². The molecule has 0 amide bonds. The molecule has 2 aromatic carbocycles. The molecule has 0 bridgehead atoms. The van der Waals surface area contributed by atoms with E-state index in [1.54, 1.807) is 12.1 Å². The molecule has 0 aliphatic heterocycles. The van der Waals surface area contributed by atoms with Gasteiger partial charge in [-0.2, -0.15) is 5.10 Å². The molecule has 0 saturated heterocycles. The van der Waals surface area contributed by atoms with E-state index in [4.69, 9.17) is 11.6 Å². The predicted octanol–water partition coefficient (Wildman–Crippen LogP) is 5.44. The lowest BCUT2D eigenvalue weighted by Crippen LogP contribution is -1.99. The quantitative estimate of drug-likeness (QED) is 0.505. The summed E-state index contributed by atoms with van der Waals surface area (Å²) in [6.45, 7) is 1.91. The van der Waals surface area contributed by atoms with Crippen LogP contribution in [0.2, 0.25) is 5.02 Å². The summed E-state index contributed by atoms with van der Waals surface area (Å²) in [7, 11) is 0. The second-order valence-electron chi connectivity index (χ2n) is 4.86. The van der Waals surface area contributed by atoms with Crippen molar-refractivity contribution in [2.75, 3.05) is 5.43 Å². The molecule has 0 saturated carbocycles. The Balaban J connectivity index is 1.72. The van der Waals surface area contributed by atoms with Gasteiger partial charge in [0.15, 0.2) is 0 Å². The number of nitrogens with zero attached hydrogens (tertiary/aromatic N) is 2. The van der Waals surface area contributed by atoms with E-state index < -0.39 is 0 Å². The number of aromatic nitrogens is 1. The van der Waals surface area contributed by atoms with E-state index in [0.717, 1.165) is 22.5 Å². The molecule has 0 unspecified atom stereocenters. The normalized spacial score (nSPS) is 11.5. The van der Waals surface area contributed by atoms with Crippen LogP contribution in [0, 0.1) is 5.82 Å². The van der Waals surface area contributed by atoms with Crippen molar-refractivity contribution in [2.24, 2.45) is 5.10 Å². The maximum absolute atomic E-state index is 12.9. The molecule has 0 fully saturated rings. The van der Waals surface area contributed by atoms with Gasteiger partial charge in [-0.25, -0.2) is 9.37 Å². The van der Waals surface area contributed by atoms with Crippen molar-refractivity contribution < 1.29 is 4.39 Å². The minimum atomic E-state index is -0.259. The van der Waals surface area contributed by atoms with Gasteiger partial charge in [0.1, 0.15) is 5.82 Å². The molecular weight excluding hydrogens is 333 g/mol. The molecule has 1 heterocycles. The fourth-order valence-electron chi connectivity index (χ4n) is 1.97. The molecule has 0 spiro atoms. The SMILES string of the molecule is C/C(=N/Nc1nc(-c2ccc(F)cc2)cs1)c1ccc(Cl)cc1. The van der Waals surface area contributed by atoms with Gasteiger partial charge in [0.05, 0.1) is 11.4 Å². The summed E-state index contributed by atoms with van der Waals surface area (Å²) in [5.41, 5.74) is 6.42. The standard InChI is InChI=1S/C17H13ClFN3S/c1-11(12-2-6-14(18)7-3-12)21-22-17-20-16(10-23-17)13-4-8-15(19)9-5-13/h2-10H,1H3,(H,20,22)/b21-11-. The molecule has 1 aromatic heterocycles. The molecular formula is C17H13ClFN3S. The average Bonchev–Trinajstić information content (AvgIpc) is 3.03. The summed E-state index contributed by atoms with van der Waals surface area (Å²) >= 11 is 7.32. The van der Waals surface area contributed by atoms with Gasteiger partial charge in [-0.1, -0.05) is 23.7 Å². The number of thiazole rings is 1. The van der Waals surface area contributed by atoms with Crippen molar-refractivity contribution in [3.05, 3.63) is 70.3 Å². The van der Waals surface area contributed by atoms with Crippen molar-refractivity contribution in [3.63, 3.8) is 0 Å². The number of halogens is 2. The molecule has 6 heteroatoms. The zero-order valence-electron chi connectivity index (χ0n) is 12.3. The van der Waals surface area contributed by atoms with Crippen LogP contribution in [0.4, 0.5) is 9.52 Å². The van der Waals surface area contributed by atoms with Gasteiger partial charge in [-0.05, 0) is 48.9 Å². The van der Waals surface area contributed by atoms with E-state index in [0.29, 0.717) is 10.2 Å². The van der Waals surface area contributed by atoms with Crippen LogP contribution in [0.1, 0.15) is 12.5 Å². The highest BCUT2D eigenvalue weighted by molar-refractivity contribution is 7.14. The van der Waals surface area contributed by atoms with Crippen LogP contribution in [-0.4, -0.2) is 10.7 Å². The minimum Gasteiger partial charge on any atom is -0.252 e. The Morgan fingerprint density at radius 3 is 2.52 bits per heavy atom. The van der Waals surface area contributed by atoms with Crippen LogP contribution in [0.3, 0.4) is 0 Å². The topological polar surface area (TPSA) is 37.3 Å². The third kappa shape index (κ3) is 3.94. The van der Waals surface area contributed by atoms with Gasteiger partial charge in [0, 0.05) is 16.0 Å². The number of rotatable bonds is 4. The molecule has 0 atom stereocenters. The Hall–Kier alpha value is -2.24. The van der Waals surface area contributed by atoms with E-state index in [2.05, 4.69) is 15.5 Å². The van der Waals surface area contributed by atoms with Gasteiger partial charge in [-0.15, -0.1) is 11.3 Å². The van der Waals surface area contributed by atoms with Crippen LogP contribution < -0.4 is 5.43 Å². The number of nitrogens with one attached hydrogen (secondary N) is 1. The number of hydrogen-bond donors (Lipinski definition) is 1. The third-order valence-electron chi connectivity index (χ3n) is 3.23. The van der Waals surface area contributed by atoms with Gasteiger partial charge < -0.3 is 0 Å². The first-order chi connectivity index (χ1) is 11.1. The molecule has 1 N–H and O–H groups in total. The zero-order valence-corrected chi connectivity index (χ0v) is 13.8. The maximum atomic E-state index is 12.9. The van der Waals surface area contributed by atoms with Crippen LogP contribution in [-0.2, 0) is 0 Å². The van der Waals surface area contributed by atoms with Crippen LogP contribution >= 0.6 is 22.9 Å². The highest BCUT2D eigenvalue weighted by Gasteiger charge is 2.05. The number of anilines is 1. The summed E-state index contributed by atoms with van der Waals surface area (Å²) in [6.07, 6.45) is 0. The first-order valence-electron chi connectivity index (χ1n) is 6.89. The maximum Gasteiger partial charge on any atom is 0.203 e. The van der Waals surface area contributed by atoms with Crippen molar-refractivity contribution >= 4 is 33.8 Å². The van der Waals surface area contributed by atoms with Crippen molar-refractivity contribution in [1.82, 2.24) is 4.98 Å². The second-order valence-corrected chi connectivity index (χ2v) is 6.16. The number of hydrogen-bond acceptors (Lipinski definition) is 4. The third-order valence-corrected chi connectivity index (χ3v) is 4.22. The van der Waals surface area contributed by atoms with Crippen molar-refractivity contribution in [3.8, 4) is 11.3 Å². The smallest absolute Gasteiger partial charge is 0.203 e. The van der Waals surface area contributed by atoms with Crippen LogP contribution in [0.25, 0.3) is 11.3 Å². The minimum absolute atomic E-state index is 0.259. The fourth-order valence-corrected chi connectivity index (χ4v) is 2.75. The Morgan fingerprint density at radius 1 is 1.13 bits per heavy atom. The number of benzene rings is 2. The fraction of sp³-hybridized carbons (Fsp3) is 0.0588. The van der Waals surface area contributed by atoms with E-state index in [-0.39, 0.29) is 5.82 Å². The van der Waals surface area contributed by atoms with E-state index in [9.17, 15) is 4.39 Å². The van der Waals surface area contributed by atoms with E-state index in [1.807, 2.05) is 36.6 Å². The molecule has 3 rings (SSSR count). The number of hydrazone groups is 1. The van der Waals surface area contributed by atoms with Crippen LogP contribution in [0.5, 0.6) is 0 Å². The Labute approximate surface area is 142 Å². The summed E-state index contributed by atoms with van der Waals surface area (Å²) in [6, 6.07) is 13.7. The largest absolute Gasteiger partial charge is 0.252 e. The summed E-state index contributed by atoms with van der Waals surface area (Å²) in [5, 5.41) is 7.60. The summed E-state index contributed by atoms with van der Waals surface area (Å²) in [4.78, 5) is 4.45. The molecule has 0 aliphatic carbocycles. The monoisotopic (exact) mass is 345 g/mol. The first kappa shape index (κ1) is 15.6. The highest BCUT2D eigenvalue weighted by atomic mass is 35.5. The molecule has 0 aliphatic rings. The Morgan fingerprint density at radius 2 is 1.83 bits per heavy atom. The summed E-state index contributed by atoms with van der Waals surface area (Å²) in [5.74, 6) is -0.259. The van der Waals surface area contributed by atoms with Crippen molar-refractivity contribution in [2.45, 2.75) is 6.92 Å². The first-order valence-corrected chi connectivity index (χ1v) is 8.15. The van der Waals surface area contributed by atoms with Gasteiger partial charge in [0.25, 0.3) is 0 Å². The summed E-state index contributed by atoms with van der Waals surface area (Å²) < 4.78 is 12.9. The van der Waals surface area contributed by atoms with Crippen molar-refractivity contribution in [1.29, 1.82) is 0 Å². The average molecular weight is 346 g/mol. The zero-order chi connectivity index (χ0) is 16.2. The lowest BCUT2D eigenvalue weighted by atomic mass is 10.1. The predicted molar refractivity (Wildman–Crippen MR) is 94.8 cm³/mol. The van der Waals surface area contributed by atoms with E-state index in [1.165, 1.54) is 23.5 Å². The molecule has 0 radical (unpaired) electrons. The molecule has 3 nitrogen and oxygen atoms in total. The lowest BCUT2D eigenvalue weighted by molar-refractivity contribution is 0.628. The van der Waals surface area contributed by atoms with Gasteiger partial charge in [-0.3, -0.25) is 5.43 Å². The Kier molecular flexibility index (Phi) is 4.69. The van der Waals surface area contributed by atoms with Gasteiger partial charge >= 0.3 is 0 Å². The van der Waals surface area contributed by atoms with Crippen LogP contribution in [0.15, 0.2) is 59.0 Å².